The van der Waals surface area contributed by atoms with E-state index in [1.54, 1.807) is 30.3 Å². The van der Waals surface area contributed by atoms with Gasteiger partial charge in [-0.25, -0.2) is 8.42 Å². The van der Waals surface area contributed by atoms with E-state index in [9.17, 15) is 18.0 Å². The summed E-state index contributed by atoms with van der Waals surface area (Å²) in [6, 6.07) is 21.8. The summed E-state index contributed by atoms with van der Waals surface area (Å²) in [5.74, 6) is -0.0203. The normalized spacial score (nSPS) is 16.8. The molecule has 3 aromatic carbocycles. The van der Waals surface area contributed by atoms with Crippen molar-refractivity contribution in [1.29, 1.82) is 0 Å². The molecule has 0 spiro atoms. The molecule has 2 unspecified atom stereocenters. The molecule has 0 aliphatic carbocycles. The Kier molecular flexibility index (Phi) is 8.88. The Labute approximate surface area is 229 Å². The van der Waals surface area contributed by atoms with E-state index in [4.69, 9.17) is 9.47 Å². The van der Waals surface area contributed by atoms with Crippen LogP contribution in [0.5, 0.6) is 11.5 Å². The number of benzene rings is 3. The number of sulfonamides is 1. The Hall–Kier alpha value is -3.89. The third-order valence-corrected chi connectivity index (χ3v) is 8.73. The zero-order valence-corrected chi connectivity index (χ0v) is 23.1. The minimum Gasteiger partial charge on any atom is -0.493 e. The van der Waals surface area contributed by atoms with Gasteiger partial charge in [0.2, 0.25) is 15.9 Å². The molecule has 1 aliphatic heterocycles. The van der Waals surface area contributed by atoms with Crippen LogP contribution in [0.25, 0.3) is 0 Å². The maximum Gasteiger partial charge on any atom is 0.254 e. The van der Waals surface area contributed by atoms with E-state index in [-0.39, 0.29) is 42.1 Å². The number of hydrogen-bond acceptors (Lipinski definition) is 6. The van der Waals surface area contributed by atoms with Crippen molar-refractivity contribution in [2.24, 2.45) is 0 Å². The first-order valence-electron chi connectivity index (χ1n) is 12.7. The lowest BCUT2D eigenvalue weighted by molar-refractivity contribution is -0.126. The van der Waals surface area contributed by atoms with Crippen LogP contribution in [-0.4, -0.2) is 75.9 Å². The van der Waals surface area contributed by atoms with Crippen molar-refractivity contribution in [3.8, 4) is 11.5 Å². The molecule has 9 nitrogen and oxygen atoms in total. The number of ether oxygens (including phenoxy) is 2. The molecule has 206 valence electrons. The smallest absolute Gasteiger partial charge is 0.254 e. The summed E-state index contributed by atoms with van der Waals surface area (Å²) in [5, 5.41) is 2.94. The summed E-state index contributed by atoms with van der Waals surface area (Å²) >= 11 is 0. The summed E-state index contributed by atoms with van der Waals surface area (Å²) in [6.45, 7) is 2.26. The van der Waals surface area contributed by atoms with Crippen molar-refractivity contribution >= 4 is 21.8 Å². The molecule has 4 rings (SSSR count). The molecule has 0 radical (unpaired) electrons. The van der Waals surface area contributed by atoms with Gasteiger partial charge in [0.05, 0.1) is 19.1 Å². The molecular formula is C29H33N3O6S. The van der Waals surface area contributed by atoms with Crippen LogP contribution in [0.3, 0.4) is 0 Å². The maximum atomic E-state index is 13.6. The first-order valence-corrected chi connectivity index (χ1v) is 14.1. The van der Waals surface area contributed by atoms with Crippen LogP contribution in [-0.2, 0) is 14.8 Å². The van der Waals surface area contributed by atoms with Crippen molar-refractivity contribution < 1.29 is 27.5 Å². The highest BCUT2D eigenvalue weighted by Crippen LogP contribution is 2.31. The van der Waals surface area contributed by atoms with Gasteiger partial charge in [0.1, 0.15) is 6.04 Å². The molecule has 0 saturated carbocycles. The first-order chi connectivity index (χ1) is 18.8. The van der Waals surface area contributed by atoms with Gasteiger partial charge >= 0.3 is 0 Å². The Balaban J connectivity index is 1.58. The van der Waals surface area contributed by atoms with Crippen LogP contribution >= 0.6 is 0 Å². The zero-order valence-electron chi connectivity index (χ0n) is 22.2. The van der Waals surface area contributed by atoms with E-state index < -0.39 is 22.0 Å². The summed E-state index contributed by atoms with van der Waals surface area (Å²) in [4.78, 5) is 28.4. The molecule has 2 amide bonds. The van der Waals surface area contributed by atoms with Gasteiger partial charge < -0.3 is 19.7 Å². The summed E-state index contributed by atoms with van der Waals surface area (Å²) < 4.78 is 39.0. The van der Waals surface area contributed by atoms with Crippen LogP contribution in [0.4, 0.5) is 0 Å². The van der Waals surface area contributed by atoms with Gasteiger partial charge in [-0.15, -0.1) is 0 Å². The number of hydrogen-bond donors (Lipinski definition) is 1. The minimum absolute atomic E-state index is 0.0137. The molecule has 0 bridgehead atoms. The van der Waals surface area contributed by atoms with E-state index in [0.717, 1.165) is 5.56 Å². The topological polar surface area (TPSA) is 105 Å². The second-order valence-electron chi connectivity index (χ2n) is 9.32. The molecule has 2 atom stereocenters. The third-order valence-electron chi connectivity index (χ3n) is 6.87. The molecule has 1 heterocycles. The lowest BCUT2D eigenvalue weighted by Crippen LogP contribution is -2.61. The van der Waals surface area contributed by atoms with E-state index in [1.807, 2.05) is 37.3 Å². The van der Waals surface area contributed by atoms with Crippen molar-refractivity contribution in [1.82, 2.24) is 14.5 Å². The number of piperazine rings is 1. The van der Waals surface area contributed by atoms with E-state index >= 15 is 0 Å². The molecule has 0 aromatic heterocycles. The molecular weight excluding hydrogens is 518 g/mol. The Morgan fingerprint density at radius 1 is 0.923 bits per heavy atom. The monoisotopic (exact) mass is 551 g/mol. The highest BCUT2D eigenvalue weighted by atomic mass is 32.2. The van der Waals surface area contributed by atoms with Gasteiger partial charge in [-0.2, -0.15) is 4.31 Å². The van der Waals surface area contributed by atoms with Crippen LogP contribution in [0.15, 0.2) is 83.8 Å². The lowest BCUT2D eigenvalue weighted by atomic mass is 10.0. The summed E-state index contributed by atoms with van der Waals surface area (Å²) in [7, 11) is -1.10. The largest absolute Gasteiger partial charge is 0.493 e. The van der Waals surface area contributed by atoms with Crippen LogP contribution in [0.2, 0.25) is 0 Å². The van der Waals surface area contributed by atoms with Crippen LogP contribution < -0.4 is 14.8 Å². The van der Waals surface area contributed by atoms with E-state index in [2.05, 4.69) is 5.32 Å². The SMILES string of the molecule is COc1ccc(S(=O)(=O)N2CCN(C(=O)c3ccccc3)C(C(=O)NCC(C)c3ccccc3)C2)cc1OC. The fourth-order valence-corrected chi connectivity index (χ4v) is 6.04. The molecule has 3 aromatic rings. The average Bonchev–Trinajstić information content (AvgIpc) is 2.99. The number of nitrogens with one attached hydrogen (secondary N) is 1. The third kappa shape index (κ3) is 6.23. The highest BCUT2D eigenvalue weighted by molar-refractivity contribution is 7.89. The highest BCUT2D eigenvalue weighted by Gasteiger charge is 2.40. The number of carbonyl (C=O) groups is 2. The Bertz CT molecular complexity index is 1400. The van der Waals surface area contributed by atoms with Gasteiger partial charge in [0.15, 0.2) is 11.5 Å². The molecule has 1 aliphatic rings. The van der Waals surface area contributed by atoms with Crippen molar-refractivity contribution in [2.45, 2.75) is 23.8 Å². The quantitative estimate of drug-likeness (QED) is 0.438. The number of nitrogens with zero attached hydrogens (tertiary/aromatic N) is 2. The summed E-state index contributed by atoms with van der Waals surface area (Å²) in [6.07, 6.45) is 0. The predicted molar refractivity (Wildman–Crippen MR) is 147 cm³/mol. The van der Waals surface area contributed by atoms with E-state index in [0.29, 0.717) is 17.9 Å². The first kappa shape index (κ1) is 28.1. The molecule has 1 N–H and O–H groups in total. The van der Waals surface area contributed by atoms with Crippen molar-refractivity contribution in [3.05, 3.63) is 90.0 Å². The van der Waals surface area contributed by atoms with Crippen molar-refractivity contribution in [2.75, 3.05) is 40.4 Å². The van der Waals surface area contributed by atoms with Crippen LogP contribution in [0.1, 0.15) is 28.8 Å². The average molecular weight is 552 g/mol. The number of amides is 2. The number of rotatable bonds is 9. The molecule has 10 heteroatoms. The number of carbonyl (C=O) groups excluding carboxylic acids is 2. The van der Waals surface area contributed by atoms with Crippen LogP contribution in [0, 0.1) is 0 Å². The van der Waals surface area contributed by atoms with Gasteiger partial charge in [0.25, 0.3) is 5.91 Å². The van der Waals surface area contributed by atoms with Crippen molar-refractivity contribution in [3.63, 3.8) is 0 Å². The lowest BCUT2D eigenvalue weighted by Gasteiger charge is -2.40. The molecule has 39 heavy (non-hydrogen) atoms. The standard InChI is InChI=1S/C29H33N3O6S/c1-21(22-10-6-4-7-11-22)19-30-28(33)25-20-31(16-17-32(25)29(34)23-12-8-5-9-13-23)39(35,36)24-14-15-26(37-2)27(18-24)38-3/h4-15,18,21,25H,16-17,19-20H2,1-3H3,(H,30,33). The molecule has 1 fully saturated rings. The predicted octanol–water partition coefficient (Wildman–Crippen LogP) is 3.14. The fraction of sp³-hybridized carbons (Fsp3) is 0.310. The van der Waals surface area contributed by atoms with Gasteiger partial charge in [-0.1, -0.05) is 55.5 Å². The second-order valence-corrected chi connectivity index (χ2v) is 11.3. The minimum atomic E-state index is -3.99. The number of methoxy groups -OCH3 is 2. The molecule has 1 saturated heterocycles. The Morgan fingerprint density at radius 2 is 1.56 bits per heavy atom. The Morgan fingerprint density at radius 3 is 2.21 bits per heavy atom. The van der Waals surface area contributed by atoms with Gasteiger partial charge in [-0.05, 0) is 35.7 Å². The second kappa shape index (κ2) is 12.3. The van der Waals surface area contributed by atoms with Gasteiger partial charge in [0, 0.05) is 37.8 Å². The van der Waals surface area contributed by atoms with E-state index in [1.165, 1.54) is 41.6 Å². The summed E-state index contributed by atoms with van der Waals surface area (Å²) in [5.41, 5.74) is 1.50. The maximum absolute atomic E-state index is 13.6. The fourth-order valence-electron chi connectivity index (χ4n) is 4.59. The van der Waals surface area contributed by atoms with Gasteiger partial charge in [-0.3, -0.25) is 9.59 Å². The zero-order chi connectivity index (χ0) is 28.0.